The van der Waals surface area contributed by atoms with Crippen molar-refractivity contribution in [1.29, 1.82) is 0 Å². The molecule has 0 radical (unpaired) electrons. The van der Waals surface area contributed by atoms with E-state index in [0.717, 1.165) is 68.9 Å². The minimum absolute atomic E-state index is 0.125. The van der Waals surface area contributed by atoms with Crippen molar-refractivity contribution in [1.82, 2.24) is 9.97 Å². The molecule has 0 bridgehead atoms. The molecule has 2 aromatic rings. The van der Waals surface area contributed by atoms with Crippen molar-refractivity contribution in [2.45, 2.75) is 52.6 Å². The van der Waals surface area contributed by atoms with E-state index in [1.165, 1.54) is 5.56 Å². The topological polar surface area (TPSA) is 38.2 Å². The van der Waals surface area contributed by atoms with Crippen molar-refractivity contribution in [2.24, 2.45) is 5.92 Å². The second-order valence-corrected chi connectivity index (χ2v) is 7.30. The van der Waals surface area contributed by atoms with Crippen LogP contribution < -0.4 is 4.90 Å². The third kappa shape index (κ3) is 5.48. The van der Waals surface area contributed by atoms with Crippen LogP contribution in [0.4, 0.5) is 10.3 Å². The van der Waals surface area contributed by atoms with Crippen LogP contribution in [-0.2, 0) is 24.2 Å². The van der Waals surface area contributed by atoms with Gasteiger partial charge in [0.05, 0.1) is 6.61 Å². The number of hydrogen-bond donors (Lipinski definition) is 0. The van der Waals surface area contributed by atoms with E-state index in [4.69, 9.17) is 4.74 Å². The summed E-state index contributed by atoms with van der Waals surface area (Å²) in [6, 6.07) is 5.42. The van der Waals surface area contributed by atoms with Gasteiger partial charge in [-0.25, -0.2) is 14.4 Å². The number of hydrogen-bond acceptors (Lipinski definition) is 4. The van der Waals surface area contributed by atoms with Crippen LogP contribution in [0.25, 0.3) is 0 Å². The van der Waals surface area contributed by atoms with Crippen molar-refractivity contribution in [3.63, 3.8) is 0 Å². The third-order valence-electron chi connectivity index (χ3n) is 5.43. The summed E-state index contributed by atoms with van der Waals surface area (Å²) < 4.78 is 19.6. The summed E-state index contributed by atoms with van der Waals surface area (Å²) in [5, 5.41) is 0. The smallest absolute Gasteiger partial charge is 0.225 e. The first-order chi connectivity index (χ1) is 13.2. The Labute approximate surface area is 161 Å². The summed E-state index contributed by atoms with van der Waals surface area (Å²) in [5.74, 6) is 1.40. The highest BCUT2D eigenvalue weighted by Gasteiger charge is 2.20. The van der Waals surface area contributed by atoms with Gasteiger partial charge in [-0.2, -0.15) is 0 Å². The molecule has 0 amide bonds. The van der Waals surface area contributed by atoms with Gasteiger partial charge in [-0.05, 0) is 60.8 Å². The summed E-state index contributed by atoms with van der Waals surface area (Å²) in [5.41, 5.74) is 2.85. The number of ether oxygens (including phenoxy) is 1. The molecule has 27 heavy (non-hydrogen) atoms. The van der Waals surface area contributed by atoms with Crippen LogP contribution in [0.3, 0.4) is 0 Å². The Balaban J connectivity index is 1.36. The van der Waals surface area contributed by atoms with Gasteiger partial charge in [0.25, 0.3) is 0 Å². The number of benzene rings is 1. The van der Waals surface area contributed by atoms with Crippen LogP contribution in [0.2, 0.25) is 0 Å². The Morgan fingerprint density at radius 1 is 1.07 bits per heavy atom. The first-order valence-corrected chi connectivity index (χ1v) is 10.1. The lowest BCUT2D eigenvalue weighted by Gasteiger charge is -2.32. The largest absolute Gasteiger partial charge is 0.377 e. The molecule has 0 atom stereocenters. The number of rotatable bonds is 8. The molecule has 1 aliphatic rings. The second-order valence-electron chi connectivity index (χ2n) is 7.30. The lowest BCUT2D eigenvalue weighted by molar-refractivity contribution is 0.103. The maximum Gasteiger partial charge on any atom is 0.225 e. The van der Waals surface area contributed by atoms with Gasteiger partial charge in [0.2, 0.25) is 5.95 Å². The molecule has 4 nitrogen and oxygen atoms in total. The molecule has 0 saturated carbocycles. The Morgan fingerprint density at radius 2 is 1.81 bits per heavy atom. The van der Waals surface area contributed by atoms with E-state index in [0.29, 0.717) is 12.5 Å². The van der Waals surface area contributed by atoms with E-state index < -0.39 is 0 Å². The molecule has 1 fully saturated rings. The van der Waals surface area contributed by atoms with Gasteiger partial charge in [-0.3, -0.25) is 0 Å². The fourth-order valence-electron chi connectivity index (χ4n) is 3.52. The van der Waals surface area contributed by atoms with Crippen molar-refractivity contribution in [2.75, 3.05) is 24.6 Å². The Bertz CT molecular complexity index is 712. The van der Waals surface area contributed by atoms with Crippen LogP contribution in [0.15, 0.2) is 30.6 Å². The van der Waals surface area contributed by atoms with Crippen LogP contribution in [0, 0.1) is 11.7 Å². The molecule has 0 unspecified atom stereocenters. The molecule has 1 saturated heterocycles. The van der Waals surface area contributed by atoms with Crippen molar-refractivity contribution >= 4 is 5.95 Å². The minimum Gasteiger partial charge on any atom is -0.377 e. The summed E-state index contributed by atoms with van der Waals surface area (Å²) in [4.78, 5) is 11.2. The molecule has 3 rings (SSSR count). The number of aromatic nitrogens is 2. The van der Waals surface area contributed by atoms with Crippen molar-refractivity contribution in [3.8, 4) is 0 Å². The quantitative estimate of drug-likeness (QED) is 0.638. The number of piperidine rings is 1. The van der Waals surface area contributed by atoms with Gasteiger partial charge >= 0.3 is 0 Å². The average molecular weight is 372 g/mol. The summed E-state index contributed by atoms with van der Waals surface area (Å²) in [6.45, 7) is 7.29. The fraction of sp³-hybridized carbons (Fsp3) is 0.545. The summed E-state index contributed by atoms with van der Waals surface area (Å²) >= 11 is 0. The van der Waals surface area contributed by atoms with Crippen molar-refractivity contribution < 1.29 is 9.13 Å². The molecule has 1 aromatic heterocycles. The number of anilines is 1. The molecule has 0 spiro atoms. The monoisotopic (exact) mass is 371 g/mol. The zero-order valence-electron chi connectivity index (χ0n) is 16.5. The predicted octanol–water partition coefficient (Wildman–Crippen LogP) is 4.56. The normalized spacial score (nSPS) is 15.3. The molecule has 0 aliphatic carbocycles. The Hall–Kier alpha value is -2.01. The van der Waals surface area contributed by atoms with Gasteiger partial charge in [0.1, 0.15) is 5.82 Å². The maximum absolute atomic E-state index is 13.8. The van der Waals surface area contributed by atoms with Crippen LogP contribution >= 0.6 is 0 Å². The van der Waals surface area contributed by atoms with E-state index >= 15 is 0 Å². The maximum atomic E-state index is 13.8. The fourth-order valence-corrected chi connectivity index (χ4v) is 3.52. The predicted molar refractivity (Wildman–Crippen MR) is 106 cm³/mol. The van der Waals surface area contributed by atoms with Gasteiger partial charge in [-0.1, -0.05) is 26.0 Å². The van der Waals surface area contributed by atoms with Gasteiger partial charge in [-0.15, -0.1) is 0 Å². The average Bonchev–Trinajstić information content (AvgIpc) is 2.72. The standard InChI is InChI=1S/C22H30FN3O/c1-3-17-14-24-22(25-15-17)26-10-7-18(8-11-26)9-12-27-16-19-5-6-20(4-2)21(23)13-19/h5-6,13-15,18H,3-4,7-12,16H2,1-2H3. The molecular formula is C22H30FN3O. The van der Waals surface area contributed by atoms with Gasteiger partial charge in [0.15, 0.2) is 0 Å². The van der Waals surface area contributed by atoms with Gasteiger partial charge in [0, 0.05) is 32.1 Å². The highest BCUT2D eigenvalue weighted by atomic mass is 19.1. The first kappa shape index (κ1) is 19.7. The summed E-state index contributed by atoms with van der Waals surface area (Å²) in [6.07, 6.45) is 8.89. The molecule has 1 aliphatic heterocycles. The van der Waals surface area contributed by atoms with E-state index in [-0.39, 0.29) is 5.82 Å². The van der Waals surface area contributed by atoms with Crippen molar-refractivity contribution in [3.05, 3.63) is 53.1 Å². The van der Waals surface area contributed by atoms with Gasteiger partial charge < -0.3 is 9.64 Å². The molecule has 2 heterocycles. The SMILES string of the molecule is CCc1cnc(N2CCC(CCOCc3ccc(CC)c(F)c3)CC2)nc1. The number of nitrogens with zero attached hydrogens (tertiary/aromatic N) is 3. The number of aryl methyl sites for hydroxylation is 2. The number of halogens is 1. The van der Waals surface area contributed by atoms with E-state index in [1.807, 2.05) is 31.5 Å². The molecule has 0 N–H and O–H groups in total. The lowest BCUT2D eigenvalue weighted by Crippen LogP contribution is -2.35. The second kappa shape index (κ2) is 9.79. The van der Waals surface area contributed by atoms with Crippen LogP contribution in [-0.4, -0.2) is 29.7 Å². The molecule has 1 aromatic carbocycles. The Kier molecular flexibility index (Phi) is 7.16. The first-order valence-electron chi connectivity index (χ1n) is 10.1. The van der Waals surface area contributed by atoms with E-state index in [2.05, 4.69) is 21.8 Å². The minimum atomic E-state index is -0.125. The highest BCUT2D eigenvalue weighted by Crippen LogP contribution is 2.23. The lowest BCUT2D eigenvalue weighted by atomic mass is 9.94. The third-order valence-corrected chi connectivity index (χ3v) is 5.43. The van der Waals surface area contributed by atoms with Crippen LogP contribution in [0.1, 0.15) is 49.8 Å². The van der Waals surface area contributed by atoms with E-state index in [1.54, 1.807) is 6.07 Å². The van der Waals surface area contributed by atoms with Crippen LogP contribution in [0.5, 0.6) is 0 Å². The molecule has 5 heteroatoms. The molecular weight excluding hydrogens is 341 g/mol. The summed E-state index contributed by atoms with van der Waals surface area (Å²) in [7, 11) is 0. The highest BCUT2D eigenvalue weighted by molar-refractivity contribution is 5.30. The Morgan fingerprint density at radius 3 is 2.44 bits per heavy atom. The zero-order chi connectivity index (χ0) is 19.1. The van der Waals surface area contributed by atoms with E-state index in [9.17, 15) is 4.39 Å². The molecule has 146 valence electrons. The zero-order valence-corrected chi connectivity index (χ0v) is 16.5.